The molecule has 0 amide bonds. The van der Waals surface area contributed by atoms with E-state index in [1.165, 1.54) is 0 Å². The van der Waals surface area contributed by atoms with Gasteiger partial charge in [-0.2, -0.15) is 13.2 Å². The molecule has 138 valence electrons. The van der Waals surface area contributed by atoms with Gasteiger partial charge in [0.25, 0.3) is 0 Å². The maximum atomic E-state index is 12.6. The van der Waals surface area contributed by atoms with Crippen LogP contribution in [0.25, 0.3) is 0 Å². The fourth-order valence-corrected chi connectivity index (χ4v) is 2.90. The van der Waals surface area contributed by atoms with Crippen molar-refractivity contribution < 1.29 is 32.5 Å². The van der Waals surface area contributed by atoms with Crippen molar-refractivity contribution in [3.8, 4) is 17.4 Å². The molecule has 1 N–H and O–H groups in total. The fourth-order valence-electron chi connectivity index (χ4n) is 2.70. The molecule has 1 aromatic heterocycles. The first-order valence-corrected chi connectivity index (χ1v) is 8.01. The van der Waals surface area contributed by atoms with Crippen molar-refractivity contribution in [3.63, 3.8) is 0 Å². The average Bonchev–Trinajstić information content (AvgIpc) is 2.55. The second kappa shape index (κ2) is 7.03. The van der Waals surface area contributed by atoms with Crippen LogP contribution in [-0.4, -0.2) is 22.7 Å². The van der Waals surface area contributed by atoms with E-state index in [1.54, 1.807) is 18.2 Å². The molecule has 9 heteroatoms. The third kappa shape index (κ3) is 4.01. The van der Waals surface area contributed by atoms with E-state index < -0.39 is 17.7 Å². The molecule has 0 radical (unpaired) electrons. The van der Waals surface area contributed by atoms with Gasteiger partial charge >= 0.3 is 12.1 Å². The fraction of sp³-hybridized carbons (Fsp3) is 0.294. The smallest absolute Gasteiger partial charge is 0.417 e. The van der Waals surface area contributed by atoms with E-state index in [4.69, 9.17) is 26.2 Å². The lowest BCUT2D eigenvalue weighted by molar-refractivity contribution is -0.138. The number of carboxylic acid groups (broad SMARTS) is 1. The number of hydrogen-bond donors (Lipinski definition) is 1. The normalized spacial score (nSPS) is 16.5. The van der Waals surface area contributed by atoms with Gasteiger partial charge in [-0.1, -0.05) is 17.7 Å². The minimum absolute atomic E-state index is 0.0111. The minimum Gasteiger partial charge on any atom is -0.493 e. The van der Waals surface area contributed by atoms with Crippen LogP contribution in [0.15, 0.2) is 30.5 Å². The van der Waals surface area contributed by atoms with Gasteiger partial charge in [0.15, 0.2) is 0 Å². The van der Waals surface area contributed by atoms with Crippen molar-refractivity contribution in [2.75, 3.05) is 6.61 Å². The number of aromatic nitrogens is 1. The average molecular weight is 388 g/mol. The summed E-state index contributed by atoms with van der Waals surface area (Å²) in [7, 11) is 0. The largest absolute Gasteiger partial charge is 0.493 e. The number of carbonyl (C=O) groups is 1. The summed E-state index contributed by atoms with van der Waals surface area (Å²) < 4.78 is 48.9. The van der Waals surface area contributed by atoms with Crippen molar-refractivity contribution in [2.24, 2.45) is 0 Å². The summed E-state index contributed by atoms with van der Waals surface area (Å²) in [6.45, 7) is 0.369. The first kappa shape index (κ1) is 18.3. The molecule has 0 spiro atoms. The lowest BCUT2D eigenvalue weighted by atomic mass is 9.90. The van der Waals surface area contributed by atoms with Crippen LogP contribution in [0.3, 0.4) is 0 Å². The number of hydrogen-bond acceptors (Lipinski definition) is 4. The quantitative estimate of drug-likeness (QED) is 0.809. The summed E-state index contributed by atoms with van der Waals surface area (Å²) in [6, 6.07) is 5.52. The number of alkyl halides is 3. The van der Waals surface area contributed by atoms with E-state index in [1.807, 2.05) is 0 Å². The third-order valence-electron chi connectivity index (χ3n) is 3.92. The molecule has 0 bridgehead atoms. The number of pyridine rings is 1. The lowest BCUT2D eigenvalue weighted by Gasteiger charge is -2.25. The van der Waals surface area contributed by atoms with Gasteiger partial charge in [0.1, 0.15) is 16.5 Å². The van der Waals surface area contributed by atoms with Crippen LogP contribution in [0.2, 0.25) is 5.02 Å². The van der Waals surface area contributed by atoms with Crippen LogP contribution in [0.5, 0.6) is 17.4 Å². The predicted molar refractivity (Wildman–Crippen MR) is 85.9 cm³/mol. The molecule has 0 saturated heterocycles. The van der Waals surface area contributed by atoms with E-state index >= 15 is 0 Å². The van der Waals surface area contributed by atoms with Crippen LogP contribution < -0.4 is 9.47 Å². The van der Waals surface area contributed by atoms with Gasteiger partial charge in [-0.25, -0.2) is 4.98 Å². The van der Waals surface area contributed by atoms with E-state index in [-0.39, 0.29) is 29.0 Å². The first-order chi connectivity index (χ1) is 12.2. The Balaban J connectivity index is 1.82. The van der Waals surface area contributed by atoms with Crippen LogP contribution >= 0.6 is 11.6 Å². The molecule has 1 aliphatic rings. The highest BCUT2D eigenvalue weighted by molar-refractivity contribution is 6.31. The standard InChI is InChI=1S/C17H13ClF3NO4/c18-13-6-10(17(19,20)21)8-22-16(13)26-11-1-2-12-9(5-15(23)24)3-4-25-14(12)7-11/h1-2,6-9H,3-5H2,(H,23,24)/t9-/m0/s1. The summed E-state index contributed by atoms with van der Waals surface area (Å²) in [5.74, 6) is -0.489. The highest BCUT2D eigenvalue weighted by Crippen LogP contribution is 2.40. The second-order valence-electron chi connectivity index (χ2n) is 5.74. The number of nitrogens with zero attached hydrogens (tertiary/aromatic N) is 1. The summed E-state index contributed by atoms with van der Waals surface area (Å²) in [4.78, 5) is 14.6. The van der Waals surface area contributed by atoms with Gasteiger partial charge in [0.05, 0.1) is 18.6 Å². The molecule has 1 atom stereocenters. The third-order valence-corrected chi connectivity index (χ3v) is 4.19. The van der Waals surface area contributed by atoms with Crippen LogP contribution in [0, 0.1) is 0 Å². The van der Waals surface area contributed by atoms with Gasteiger partial charge in [-0.3, -0.25) is 4.79 Å². The Morgan fingerprint density at radius 3 is 2.81 bits per heavy atom. The zero-order chi connectivity index (χ0) is 18.9. The van der Waals surface area contributed by atoms with Crippen molar-refractivity contribution in [2.45, 2.75) is 24.9 Å². The number of benzene rings is 1. The maximum Gasteiger partial charge on any atom is 0.417 e. The van der Waals surface area contributed by atoms with Crippen molar-refractivity contribution in [1.29, 1.82) is 0 Å². The molecule has 2 aromatic rings. The zero-order valence-corrected chi connectivity index (χ0v) is 14.0. The van der Waals surface area contributed by atoms with E-state index in [9.17, 15) is 18.0 Å². The highest BCUT2D eigenvalue weighted by Gasteiger charge is 2.32. The second-order valence-corrected chi connectivity index (χ2v) is 6.15. The molecule has 26 heavy (non-hydrogen) atoms. The minimum atomic E-state index is -4.55. The van der Waals surface area contributed by atoms with Gasteiger partial charge in [-0.15, -0.1) is 0 Å². The zero-order valence-electron chi connectivity index (χ0n) is 13.2. The van der Waals surface area contributed by atoms with Crippen molar-refractivity contribution in [3.05, 3.63) is 46.6 Å². The van der Waals surface area contributed by atoms with E-state index in [0.29, 0.717) is 25.0 Å². The van der Waals surface area contributed by atoms with Gasteiger partial charge in [0.2, 0.25) is 5.88 Å². The maximum absolute atomic E-state index is 12.6. The number of aliphatic carboxylic acids is 1. The van der Waals surface area contributed by atoms with E-state index in [2.05, 4.69) is 4.98 Å². The molecule has 5 nitrogen and oxygen atoms in total. The lowest BCUT2D eigenvalue weighted by Crippen LogP contribution is -2.17. The number of halogens is 4. The summed E-state index contributed by atoms with van der Waals surface area (Å²) >= 11 is 5.83. The summed E-state index contributed by atoms with van der Waals surface area (Å²) in [5, 5.41) is 8.71. The Morgan fingerprint density at radius 2 is 2.15 bits per heavy atom. The SMILES string of the molecule is O=C(O)C[C@@H]1CCOc2cc(Oc3ncc(C(F)(F)F)cc3Cl)ccc21. The molecule has 0 aliphatic carbocycles. The molecular formula is C17H13ClF3NO4. The van der Waals surface area contributed by atoms with E-state index in [0.717, 1.165) is 11.6 Å². The summed E-state index contributed by atoms with van der Waals surface area (Å²) in [6.07, 6.45) is -3.33. The molecule has 1 aromatic carbocycles. The van der Waals surface area contributed by atoms with Gasteiger partial charge < -0.3 is 14.6 Å². The van der Waals surface area contributed by atoms with Crippen LogP contribution in [0.1, 0.15) is 29.9 Å². The molecule has 1 aliphatic heterocycles. The molecular weight excluding hydrogens is 375 g/mol. The number of ether oxygens (including phenoxy) is 2. The predicted octanol–water partition coefficient (Wildman–Crippen LogP) is 4.89. The topological polar surface area (TPSA) is 68.7 Å². The monoisotopic (exact) mass is 387 g/mol. The molecule has 3 rings (SSSR count). The van der Waals surface area contributed by atoms with Crippen LogP contribution in [0.4, 0.5) is 13.2 Å². The van der Waals surface area contributed by atoms with Crippen molar-refractivity contribution >= 4 is 17.6 Å². The van der Waals surface area contributed by atoms with Gasteiger partial charge in [0, 0.05) is 18.2 Å². The highest BCUT2D eigenvalue weighted by atomic mass is 35.5. The Hall–Kier alpha value is -2.48. The molecule has 0 saturated carbocycles. The summed E-state index contributed by atoms with van der Waals surface area (Å²) in [5.41, 5.74) is -0.224. The van der Waals surface area contributed by atoms with Crippen LogP contribution in [-0.2, 0) is 11.0 Å². The Bertz CT molecular complexity index is 841. The van der Waals surface area contributed by atoms with Gasteiger partial charge in [-0.05, 0) is 24.1 Å². The Morgan fingerprint density at radius 1 is 1.38 bits per heavy atom. The molecule has 0 fully saturated rings. The Labute approximate surface area is 151 Å². The van der Waals surface area contributed by atoms with Crippen molar-refractivity contribution in [1.82, 2.24) is 4.98 Å². The number of rotatable bonds is 4. The molecule has 0 unspecified atom stereocenters. The Kier molecular flexibility index (Phi) is 4.95. The first-order valence-electron chi connectivity index (χ1n) is 7.63. The number of fused-ring (bicyclic) bond motifs is 1. The number of carboxylic acids is 1. The molecule has 2 heterocycles.